The highest BCUT2D eigenvalue weighted by Crippen LogP contribution is 2.43. The minimum absolute atomic E-state index is 0.157. The van der Waals surface area contributed by atoms with E-state index in [1.54, 1.807) is 13.0 Å². The second kappa shape index (κ2) is 11.3. The zero-order valence-electron chi connectivity index (χ0n) is 20.0. The van der Waals surface area contributed by atoms with Crippen LogP contribution in [0.25, 0.3) is 0 Å². The van der Waals surface area contributed by atoms with Crippen molar-refractivity contribution in [3.63, 3.8) is 0 Å². The van der Waals surface area contributed by atoms with Crippen LogP contribution in [0.3, 0.4) is 0 Å². The summed E-state index contributed by atoms with van der Waals surface area (Å²) in [5.74, 6) is 0.889. The Balaban J connectivity index is 1.54. The first-order valence-electron chi connectivity index (χ1n) is 11.9. The van der Waals surface area contributed by atoms with Crippen LogP contribution in [-0.2, 0) is 9.53 Å². The standard InChI is InChI=1S/C26H30ClN3O4S/c1-3-32-24(31)16-33-19-9-10-23-20(14-19)22(15-26(34-23)11-5-4-6-12-26)29-30-25(35)28-18-8-7-17(2)21(27)13-18/h7-10,13-14H,3-6,11-12,15-16H2,1-2H3,(H2,28,30,35)/b29-22-. The Morgan fingerprint density at radius 1 is 1.20 bits per heavy atom. The SMILES string of the molecule is CCOC(=O)COc1ccc2c(c1)/C(=N\NC(=S)Nc1ccc(C)c(Cl)c1)CC1(CCCCC1)O2. The number of thiocarbonyl (C=S) groups is 1. The molecule has 0 bridgehead atoms. The molecule has 1 fully saturated rings. The van der Waals surface area contributed by atoms with E-state index in [0.717, 1.165) is 54.0 Å². The lowest BCUT2D eigenvalue weighted by atomic mass is 9.78. The Hall–Kier alpha value is -2.84. The number of hydrogen-bond donors (Lipinski definition) is 2. The van der Waals surface area contributed by atoms with Crippen LogP contribution in [0.15, 0.2) is 41.5 Å². The monoisotopic (exact) mass is 515 g/mol. The number of fused-ring (bicyclic) bond motifs is 1. The molecule has 1 heterocycles. The topological polar surface area (TPSA) is 81.2 Å². The number of carbonyl (C=O) groups excluding carboxylic acids is 1. The number of halogens is 1. The van der Waals surface area contributed by atoms with Crippen molar-refractivity contribution in [3.05, 3.63) is 52.5 Å². The van der Waals surface area contributed by atoms with Gasteiger partial charge in [-0.2, -0.15) is 5.10 Å². The molecule has 0 unspecified atom stereocenters. The largest absolute Gasteiger partial charge is 0.486 e. The second-order valence-electron chi connectivity index (χ2n) is 8.86. The minimum Gasteiger partial charge on any atom is -0.486 e. The lowest BCUT2D eigenvalue weighted by molar-refractivity contribution is -0.145. The Labute approximate surface area is 216 Å². The number of carbonyl (C=O) groups is 1. The molecule has 1 aliphatic heterocycles. The highest BCUT2D eigenvalue weighted by Gasteiger charge is 2.40. The van der Waals surface area contributed by atoms with Gasteiger partial charge in [-0.1, -0.05) is 24.1 Å². The lowest BCUT2D eigenvalue weighted by Crippen LogP contribution is -2.44. The maximum absolute atomic E-state index is 11.7. The molecule has 9 heteroatoms. The predicted octanol–water partition coefficient (Wildman–Crippen LogP) is 5.77. The summed E-state index contributed by atoms with van der Waals surface area (Å²) in [4.78, 5) is 11.7. The molecule has 0 amide bonds. The molecule has 1 aliphatic carbocycles. The fourth-order valence-corrected chi connectivity index (χ4v) is 4.79. The number of ether oxygens (including phenoxy) is 3. The van der Waals surface area contributed by atoms with Gasteiger partial charge >= 0.3 is 5.97 Å². The molecule has 2 aromatic rings. The van der Waals surface area contributed by atoms with Gasteiger partial charge in [0.05, 0.1) is 12.3 Å². The summed E-state index contributed by atoms with van der Waals surface area (Å²) < 4.78 is 17.1. The molecule has 0 aromatic heterocycles. The highest BCUT2D eigenvalue weighted by molar-refractivity contribution is 7.80. The molecule has 1 saturated carbocycles. The van der Waals surface area contributed by atoms with E-state index >= 15 is 0 Å². The summed E-state index contributed by atoms with van der Waals surface area (Å²) in [6.07, 6.45) is 6.11. The molecule has 1 spiro atoms. The third kappa shape index (κ3) is 6.44. The first kappa shape index (κ1) is 25.3. The van der Waals surface area contributed by atoms with Crippen molar-refractivity contribution in [1.29, 1.82) is 0 Å². The quantitative estimate of drug-likeness (QED) is 0.287. The summed E-state index contributed by atoms with van der Waals surface area (Å²) in [7, 11) is 0. The van der Waals surface area contributed by atoms with E-state index < -0.39 is 5.97 Å². The van der Waals surface area contributed by atoms with Crippen LogP contribution in [-0.4, -0.2) is 35.6 Å². The smallest absolute Gasteiger partial charge is 0.344 e. The summed E-state index contributed by atoms with van der Waals surface area (Å²) in [6.45, 7) is 3.86. The minimum atomic E-state index is -0.411. The van der Waals surface area contributed by atoms with Gasteiger partial charge in [0, 0.05) is 22.7 Å². The van der Waals surface area contributed by atoms with E-state index in [4.69, 9.17) is 38.0 Å². The van der Waals surface area contributed by atoms with Crippen LogP contribution in [0.4, 0.5) is 5.69 Å². The Morgan fingerprint density at radius 2 is 2.00 bits per heavy atom. The maximum Gasteiger partial charge on any atom is 0.344 e. The van der Waals surface area contributed by atoms with Gasteiger partial charge in [0.2, 0.25) is 0 Å². The van der Waals surface area contributed by atoms with E-state index in [-0.39, 0.29) is 12.2 Å². The maximum atomic E-state index is 11.7. The van der Waals surface area contributed by atoms with Gasteiger partial charge in [0.1, 0.15) is 17.1 Å². The van der Waals surface area contributed by atoms with Crippen molar-refractivity contribution in [2.75, 3.05) is 18.5 Å². The van der Waals surface area contributed by atoms with Crippen molar-refractivity contribution < 1.29 is 19.0 Å². The van der Waals surface area contributed by atoms with Crippen molar-refractivity contribution in [2.24, 2.45) is 5.10 Å². The summed E-state index contributed by atoms with van der Waals surface area (Å²) >= 11 is 11.7. The predicted molar refractivity (Wildman–Crippen MR) is 142 cm³/mol. The Kier molecular flexibility index (Phi) is 8.13. The van der Waals surface area contributed by atoms with Crippen LogP contribution in [0.5, 0.6) is 11.5 Å². The molecule has 186 valence electrons. The van der Waals surface area contributed by atoms with Crippen LogP contribution in [0, 0.1) is 6.92 Å². The molecule has 0 atom stereocenters. The van der Waals surface area contributed by atoms with Crippen molar-refractivity contribution in [2.45, 2.75) is 58.0 Å². The van der Waals surface area contributed by atoms with Gasteiger partial charge in [-0.3, -0.25) is 5.43 Å². The molecule has 0 radical (unpaired) electrons. The molecular weight excluding hydrogens is 486 g/mol. The number of esters is 1. The van der Waals surface area contributed by atoms with E-state index in [2.05, 4.69) is 15.8 Å². The summed E-state index contributed by atoms with van der Waals surface area (Å²) in [5.41, 5.74) is 6.14. The van der Waals surface area contributed by atoms with Gasteiger partial charge < -0.3 is 19.5 Å². The molecule has 2 N–H and O–H groups in total. The zero-order valence-corrected chi connectivity index (χ0v) is 21.6. The normalized spacial score (nSPS) is 17.3. The van der Waals surface area contributed by atoms with Crippen LogP contribution < -0.4 is 20.2 Å². The van der Waals surface area contributed by atoms with Crippen LogP contribution >= 0.6 is 23.8 Å². The Morgan fingerprint density at radius 3 is 2.74 bits per heavy atom. The summed E-state index contributed by atoms with van der Waals surface area (Å²) in [5, 5.41) is 8.82. The number of benzene rings is 2. The molecule has 7 nitrogen and oxygen atoms in total. The third-order valence-electron chi connectivity index (χ3n) is 6.23. The summed E-state index contributed by atoms with van der Waals surface area (Å²) in [6, 6.07) is 11.2. The highest BCUT2D eigenvalue weighted by atomic mass is 35.5. The average molecular weight is 516 g/mol. The average Bonchev–Trinajstić information content (AvgIpc) is 2.84. The van der Waals surface area contributed by atoms with E-state index in [0.29, 0.717) is 28.9 Å². The number of aryl methyl sites for hydroxylation is 1. The number of rotatable bonds is 6. The molecule has 35 heavy (non-hydrogen) atoms. The van der Waals surface area contributed by atoms with E-state index in [1.807, 2.05) is 37.3 Å². The van der Waals surface area contributed by atoms with Crippen molar-refractivity contribution in [1.82, 2.24) is 5.43 Å². The number of anilines is 1. The van der Waals surface area contributed by atoms with E-state index in [1.165, 1.54) is 6.42 Å². The number of nitrogens with zero attached hydrogens (tertiary/aromatic N) is 1. The van der Waals surface area contributed by atoms with Gasteiger partial charge in [0.15, 0.2) is 11.7 Å². The third-order valence-corrected chi connectivity index (χ3v) is 6.83. The lowest BCUT2D eigenvalue weighted by Gasteiger charge is -2.41. The van der Waals surface area contributed by atoms with Gasteiger partial charge in [-0.05, 0) is 87.6 Å². The zero-order chi connectivity index (χ0) is 24.8. The Bertz CT molecular complexity index is 1130. The first-order valence-corrected chi connectivity index (χ1v) is 12.7. The molecular formula is C26H30ClN3O4S. The van der Waals surface area contributed by atoms with Crippen LogP contribution in [0.1, 0.15) is 56.6 Å². The van der Waals surface area contributed by atoms with Gasteiger partial charge in [0.25, 0.3) is 0 Å². The number of hydrazone groups is 1. The molecule has 2 aliphatic rings. The first-order chi connectivity index (χ1) is 16.9. The van der Waals surface area contributed by atoms with Gasteiger partial charge in [-0.15, -0.1) is 0 Å². The van der Waals surface area contributed by atoms with Crippen molar-refractivity contribution >= 4 is 46.3 Å². The molecule has 0 saturated heterocycles. The second-order valence-corrected chi connectivity index (χ2v) is 9.68. The number of hydrogen-bond acceptors (Lipinski definition) is 6. The van der Waals surface area contributed by atoms with E-state index in [9.17, 15) is 4.79 Å². The van der Waals surface area contributed by atoms with Crippen molar-refractivity contribution in [3.8, 4) is 11.5 Å². The number of nitrogens with one attached hydrogen (secondary N) is 2. The van der Waals surface area contributed by atoms with Crippen LogP contribution in [0.2, 0.25) is 5.02 Å². The fourth-order valence-electron chi connectivity index (χ4n) is 4.45. The molecule has 2 aromatic carbocycles. The molecule has 4 rings (SSSR count). The van der Waals surface area contributed by atoms with Gasteiger partial charge in [-0.25, -0.2) is 4.79 Å². The fraction of sp³-hybridized carbons (Fsp3) is 0.423.